The van der Waals surface area contributed by atoms with Gasteiger partial charge >= 0.3 is 6.61 Å². The van der Waals surface area contributed by atoms with Gasteiger partial charge in [0.1, 0.15) is 5.75 Å². The molecule has 2 heterocycles. The van der Waals surface area contributed by atoms with Gasteiger partial charge in [0, 0.05) is 31.6 Å². The molecule has 1 aromatic rings. The third-order valence-corrected chi connectivity index (χ3v) is 4.83. The van der Waals surface area contributed by atoms with Crippen LogP contribution in [0.15, 0.2) is 12.1 Å². The van der Waals surface area contributed by atoms with Gasteiger partial charge in [0.15, 0.2) is 11.5 Å². The van der Waals surface area contributed by atoms with Gasteiger partial charge in [-0.25, -0.2) is 0 Å². The Hall–Kier alpha value is -2.09. The molecule has 1 N–H and O–H groups in total. The molecule has 1 amide bonds. The lowest BCUT2D eigenvalue weighted by atomic mass is 9.93. The predicted octanol–water partition coefficient (Wildman–Crippen LogP) is 2.75. The SMILES string of the molecule is CN(Cc1cc2c(cc1OC(F)F)OCO2)C(=O)CCC1CCNCC1. The molecule has 144 valence electrons. The molecule has 0 radical (unpaired) electrons. The van der Waals surface area contributed by atoms with Crippen LogP contribution in [0.5, 0.6) is 17.2 Å². The zero-order chi connectivity index (χ0) is 18.5. The molecule has 3 rings (SSSR count). The molecule has 0 bridgehead atoms. The summed E-state index contributed by atoms with van der Waals surface area (Å²) in [4.78, 5) is 14.0. The van der Waals surface area contributed by atoms with Crippen LogP contribution < -0.4 is 19.5 Å². The Morgan fingerprint density at radius 2 is 2.00 bits per heavy atom. The van der Waals surface area contributed by atoms with Gasteiger partial charge in [-0.2, -0.15) is 8.78 Å². The summed E-state index contributed by atoms with van der Waals surface area (Å²) in [7, 11) is 1.67. The normalized spacial score (nSPS) is 16.8. The van der Waals surface area contributed by atoms with Crippen LogP contribution in [0, 0.1) is 5.92 Å². The summed E-state index contributed by atoms with van der Waals surface area (Å²) in [6, 6.07) is 2.98. The Kier molecular flexibility index (Phi) is 6.13. The molecule has 0 unspecified atom stereocenters. The van der Waals surface area contributed by atoms with Crippen LogP contribution in [0.4, 0.5) is 8.78 Å². The van der Waals surface area contributed by atoms with Crippen LogP contribution >= 0.6 is 0 Å². The van der Waals surface area contributed by atoms with Crippen molar-refractivity contribution in [3.63, 3.8) is 0 Å². The quantitative estimate of drug-likeness (QED) is 0.800. The van der Waals surface area contributed by atoms with E-state index in [1.54, 1.807) is 13.1 Å². The average molecular weight is 370 g/mol. The summed E-state index contributed by atoms with van der Waals surface area (Å²) in [6.07, 6.45) is 3.49. The first-order valence-electron chi connectivity index (χ1n) is 8.85. The van der Waals surface area contributed by atoms with Gasteiger partial charge in [-0.15, -0.1) is 0 Å². The maximum absolute atomic E-state index is 12.7. The molecule has 6 nitrogen and oxygen atoms in total. The van der Waals surface area contributed by atoms with Gasteiger partial charge < -0.3 is 24.4 Å². The second-order valence-electron chi connectivity index (χ2n) is 6.67. The predicted molar refractivity (Wildman–Crippen MR) is 90.5 cm³/mol. The van der Waals surface area contributed by atoms with E-state index in [0.29, 0.717) is 29.4 Å². The highest BCUT2D eigenvalue weighted by molar-refractivity contribution is 5.76. The Balaban J connectivity index is 1.61. The highest BCUT2D eigenvalue weighted by atomic mass is 19.3. The smallest absolute Gasteiger partial charge is 0.387 e. The van der Waals surface area contributed by atoms with E-state index in [1.165, 1.54) is 11.0 Å². The number of alkyl halides is 2. The van der Waals surface area contributed by atoms with Gasteiger partial charge in [0.25, 0.3) is 0 Å². The Morgan fingerprint density at radius 3 is 2.69 bits per heavy atom. The molecule has 1 saturated heterocycles. The third-order valence-electron chi connectivity index (χ3n) is 4.83. The number of hydrogen-bond donors (Lipinski definition) is 1. The van der Waals surface area contributed by atoms with Gasteiger partial charge in [0.2, 0.25) is 12.7 Å². The Bertz CT molecular complexity index is 636. The summed E-state index contributed by atoms with van der Waals surface area (Å²) in [5.74, 6) is 1.39. The third kappa shape index (κ3) is 4.75. The van der Waals surface area contributed by atoms with Crippen molar-refractivity contribution >= 4 is 5.91 Å². The van der Waals surface area contributed by atoms with Gasteiger partial charge in [-0.3, -0.25) is 4.79 Å². The zero-order valence-electron chi connectivity index (χ0n) is 14.8. The number of halogens is 2. The molecule has 26 heavy (non-hydrogen) atoms. The molecule has 1 aromatic carbocycles. The largest absolute Gasteiger partial charge is 0.454 e. The zero-order valence-corrected chi connectivity index (χ0v) is 14.8. The molecular weight excluding hydrogens is 346 g/mol. The maximum Gasteiger partial charge on any atom is 0.387 e. The number of nitrogens with zero attached hydrogens (tertiary/aromatic N) is 1. The van der Waals surface area contributed by atoms with E-state index in [0.717, 1.165) is 32.4 Å². The lowest BCUT2D eigenvalue weighted by Crippen LogP contribution is -2.30. The van der Waals surface area contributed by atoms with E-state index >= 15 is 0 Å². The number of fused-ring (bicyclic) bond motifs is 1. The fourth-order valence-electron chi connectivity index (χ4n) is 3.33. The Labute approximate surface area is 151 Å². The number of benzene rings is 1. The van der Waals surface area contributed by atoms with Crippen molar-refractivity contribution in [1.29, 1.82) is 0 Å². The van der Waals surface area contributed by atoms with Gasteiger partial charge in [-0.1, -0.05) is 0 Å². The fraction of sp³-hybridized carbons (Fsp3) is 0.611. The van der Waals surface area contributed by atoms with Crippen molar-refractivity contribution in [3.8, 4) is 17.2 Å². The number of ether oxygens (including phenoxy) is 3. The number of rotatable bonds is 7. The molecule has 0 atom stereocenters. The minimum atomic E-state index is -2.95. The second-order valence-corrected chi connectivity index (χ2v) is 6.67. The molecule has 2 aliphatic heterocycles. The van der Waals surface area contributed by atoms with E-state index in [2.05, 4.69) is 10.1 Å². The van der Waals surface area contributed by atoms with E-state index in [1.807, 2.05) is 0 Å². The highest BCUT2D eigenvalue weighted by Crippen LogP contribution is 2.39. The summed E-state index contributed by atoms with van der Waals surface area (Å²) < 4.78 is 40.5. The lowest BCUT2D eigenvalue weighted by molar-refractivity contribution is -0.130. The van der Waals surface area contributed by atoms with Crippen molar-refractivity contribution in [3.05, 3.63) is 17.7 Å². The molecule has 0 saturated carbocycles. The topological polar surface area (TPSA) is 60.0 Å². The number of amides is 1. The van der Waals surface area contributed by atoms with E-state index in [4.69, 9.17) is 9.47 Å². The molecule has 0 spiro atoms. The minimum absolute atomic E-state index is 0.00209. The first kappa shape index (κ1) is 18.7. The van der Waals surface area contributed by atoms with E-state index < -0.39 is 6.61 Å². The molecular formula is C18H24F2N2O4. The average Bonchev–Trinajstić information content (AvgIpc) is 3.07. The van der Waals surface area contributed by atoms with Crippen molar-refractivity contribution in [2.75, 3.05) is 26.9 Å². The molecule has 0 aromatic heterocycles. The molecule has 1 fully saturated rings. The number of hydrogen-bond acceptors (Lipinski definition) is 5. The number of piperidine rings is 1. The lowest BCUT2D eigenvalue weighted by Gasteiger charge is -2.24. The van der Waals surface area contributed by atoms with E-state index in [-0.39, 0.29) is 25.0 Å². The molecule has 0 aliphatic carbocycles. The van der Waals surface area contributed by atoms with Crippen LogP contribution in [0.2, 0.25) is 0 Å². The monoisotopic (exact) mass is 370 g/mol. The summed E-state index contributed by atoms with van der Waals surface area (Å²) in [6.45, 7) is -0.739. The second kappa shape index (κ2) is 8.53. The van der Waals surface area contributed by atoms with Gasteiger partial charge in [-0.05, 0) is 44.3 Å². The molecule has 8 heteroatoms. The number of nitrogens with one attached hydrogen (secondary N) is 1. The first-order chi connectivity index (χ1) is 12.5. The maximum atomic E-state index is 12.7. The summed E-state index contributed by atoms with van der Waals surface area (Å²) in [5, 5.41) is 3.31. The van der Waals surface area contributed by atoms with Crippen molar-refractivity contribution in [1.82, 2.24) is 10.2 Å². The van der Waals surface area contributed by atoms with Crippen LogP contribution in [0.3, 0.4) is 0 Å². The number of carbonyl (C=O) groups is 1. The van der Waals surface area contributed by atoms with Crippen LogP contribution in [0.25, 0.3) is 0 Å². The van der Waals surface area contributed by atoms with Crippen LogP contribution in [-0.2, 0) is 11.3 Å². The van der Waals surface area contributed by atoms with Crippen LogP contribution in [-0.4, -0.2) is 44.3 Å². The fourth-order valence-corrected chi connectivity index (χ4v) is 3.33. The van der Waals surface area contributed by atoms with Crippen LogP contribution in [0.1, 0.15) is 31.2 Å². The first-order valence-corrected chi connectivity index (χ1v) is 8.85. The molecule has 2 aliphatic rings. The van der Waals surface area contributed by atoms with Crippen molar-refractivity contribution < 1.29 is 27.8 Å². The standard InChI is InChI=1S/C18H24F2N2O4/c1-22(17(23)3-2-12-4-6-21-7-5-12)10-13-8-15-16(25-11-24-15)9-14(13)26-18(19)20/h8-9,12,18,21H,2-7,10-11H2,1H3. The van der Waals surface area contributed by atoms with Crippen molar-refractivity contribution in [2.24, 2.45) is 5.92 Å². The number of carbonyl (C=O) groups excluding carboxylic acids is 1. The summed E-state index contributed by atoms with van der Waals surface area (Å²) >= 11 is 0. The Morgan fingerprint density at radius 1 is 1.31 bits per heavy atom. The van der Waals surface area contributed by atoms with Crippen molar-refractivity contribution in [2.45, 2.75) is 38.8 Å². The van der Waals surface area contributed by atoms with E-state index in [9.17, 15) is 13.6 Å². The highest BCUT2D eigenvalue weighted by Gasteiger charge is 2.22. The van der Waals surface area contributed by atoms with Gasteiger partial charge in [0.05, 0.1) is 0 Å². The summed E-state index contributed by atoms with van der Waals surface area (Å²) in [5.41, 5.74) is 0.465. The minimum Gasteiger partial charge on any atom is -0.454 e.